The molecular formula is C20H18ClNO3. The average molecular weight is 356 g/mol. The molecule has 3 rings (SSSR count). The van der Waals surface area contributed by atoms with Crippen LogP contribution in [-0.2, 0) is 9.53 Å². The van der Waals surface area contributed by atoms with Crippen molar-refractivity contribution in [3.8, 4) is 16.9 Å². The SMILES string of the molecule is CCOC(=O)C(C)Oc1ccc2c(-c3ccccc3Cl)ccnc2c1. The molecule has 0 aliphatic carbocycles. The van der Waals surface area contributed by atoms with Crippen LogP contribution in [0, 0.1) is 0 Å². The van der Waals surface area contributed by atoms with Crippen LogP contribution < -0.4 is 4.74 Å². The van der Waals surface area contributed by atoms with E-state index in [0.717, 1.165) is 22.0 Å². The first-order valence-corrected chi connectivity index (χ1v) is 8.45. The molecule has 0 saturated heterocycles. The van der Waals surface area contributed by atoms with Gasteiger partial charge in [-0.1, -0.05) is 29.8 Å². The summed E-state index contributed by atoms with van der Waals surface area (Å²) < 4.78 is 10.6. The Bertz CT molecular complexity index is 910. The minimum atomic E-state index is -0.677. The Morgan fingerprint density at radius 1 is 1.16 bits per heavy atom. The third-order valence-corrected chi connectivity index (χ3v) is 4.14. The average Bonchev–Trinajstić information content (AvgIpc) is 2.61. The first kappa shape index (κ1) is 17.2. The lowest BCUT2D eigenvalue weighted by Gasteiger charge is -2.14. The number of ether oxygens (including phenoxy) is 2. The third kappa shape index (κ3) is 3.74. The van der Waals surface area contributed by atoms with Crippen molar-refractivity contribution in [1.29, 1.82) is 0 Å². The molecule has 0 fully saturated rings. The van der Waals surface area contributed by atoms with Gasteiger partial charge < -0.3 is 9.47 Å². The topological polar surface area (TPSA) is 48.4 Å². The maximum absolute atomic E-state index is 11.7. The van der Waals surface area contributed by atoms with Gasteiger partial charge >= 0.3 is 5.97 Å². The molecule has 1 aromatic heterocycles. The second-order valence-corrected chi connectivity index (χ2v) is 5.94. The Labute approximate surface area is 151 Å². The van der Waals surface area contributed by atoms with Gasteiger partial charge in [-0.2, -0.15) is 0 Å². The summed E-state index contributed by atoms with van der Waals surface area (Å²) >= 11 is 6.33. The molecule has 4 nitrogen and oxygen atoms in total. The predicted octanol–water partition coefficient (Wildman–Crippen LogP) is 4.89. The molecule has 25 heavy (non-hydrogen) atoms. The maximum Gasteiger partial charge on any atom is 0.347 e. The van der Waals surface area contributed by atoms with E-state index in [1.165, 1.54) is 0 Å². The van der Waals surface area contributed by atoms with E-state index in [1.807, 2.05) is 48.5 Å². The Morgan fingerprint density at radius 2 is 1.96 bits per heavy atom. The number of fused-ring (bicyclic) bond motifs is 1. The monoisotopic (exact) mass is 355 g/mol. The summed E-state index contributed by atoms with van der Waals surface area (Å²) in [7, 11) is 0. The number of carbonyl (C=O) groups excluding carboxylic acids is 1. The van der Waals surface area contributed by atoms with Crippen molar-refractivity contribution in [3.05, 3.63) is 59.8 Å². The van der Waals surface area contributed by atoms with E-state index >= 15 is 0 Å². The number of nitrogens with zero attached hydrogens (tertiary/aromatic N) is 1. The van der Waals surface area contributed by atoms with Crippen LogP contribution >= 0.6 is 11.6 Å². The molecule has 2 aromatic carbocycles. The standard InChI is InChI=1S/C20H18ClNO3/c1-3-24-20(23)13(2)25-14-8-9-17-15(10-11-22-19(17)12-14)16-6-4-5-7-18(16)21/h4-13H,3H2,1-2H3. The van der Waals surface area contributed by atoms with Crippen LogP contribution in [-0.4, -0.2) is 23.7 Å². The van der Waals surface area contributed by atoms with E-state index in [9.17, 15) is 4.79 Å². The summed E-state index contributed by atoms with van der Waals surface area (Å²) in [6.07, 6.45) is 1.06. The highest BCUT2D eigenvalue weighted by molar-refractivity contribution is 6.33. The number of pyridine rings is 1. The number of halogens is 1. The van der Waals surface area contributed by atoms with Crippen LogP contribution in [0.3, 0.4) is 0 Å². The van der Waals surface area contributed by atoms with Gasteiger partial charge in [-0.3, -0.25) is 4.98 Å². The fraction of sp³-hybridized carbons (Fsp3) is 0.200. The summed E-state index contributed by atoms with van der Waals surface area (Å²) in [5, 5.41) is 1.65. The van der Waals surface area contributed by atoms with Crippen LogP contribution in [0.2, 0.25) is 5.02 Å². The van der Waals surface area contributed by atoms with Crippen molar-refractivity contribution in [2.24, 2.45) is 0 Å². The number of hydrogen-bond donors (Lipinski definition) is 0. The normalized spacial score (nSPS) is 12.0. The van der Waals surface area contributed by atoms with Crippen molar-refractivity contribution in [2.75, 3.05) is 6.61 Å². The Balaban J connectivity index is 1.95. The summed E-state index contributed by atoms with van der Waals surface area (Å²) in [4.78, 5) is 16.1. The lowest BCUT2D eigenvalue weighted by molar-refractivity contribution is -0.150. The molecule has 1 unspecified atom stereocenters. The second-order valence-electron chi connectivity index (χ2n) is 5.53. The number of hydrogen-bond acceptors (Lipinski definition) is 4. The number of rotatable bonds is 5. The molecule has 128 valence electrons. The first-order chi connectivity index (χ1) is 12.1. The van der Waals surface area contributed by atoms with Gasteiger partial charge in [-0.15, -0.1) is 0 Å². The molecule has 3 aromatic rings. The molecule has 0 radical (unpaired) electrons. The first-order valence-electron chi connectivity index (χ1n) is 8.07. The molecule has 0 spiro atoms. The number of esters is 1. The van der Waals surface area contributed by atoms with Crippen LogP contribution in [0.15, 0.2) is 54.7 Å². The van der Waals surface area contributed by atoms with E-state index in [2.05, 4.69) is 4.98 Å². The molecule has 0 aliphatic heterocycles. The molecule has 5 heteroatoms. The highest BCUT2D eigenvalue weighted by atomic mass is 35.5. The number of aromatic nitrogens is 1. The van der Waals surface area contributed by atoms with E-state index < -0.39 is 6.10 Å². The number of benzene rings is 2. The maximum atomic E-state index is 11.7. The third-order valence-electron chi connectivity index (χ3n) is 3.81. The van der Waals surface area contributed by atoms with Crippen LogP contribution in [0.5, 0.6) is 5.75 Å². The van der Waals surface area contributed by atoms with Crippen molar-refractivity contribution in [3.63, 3.8) is 0 Å². The van der Waals surface area contributed by atoms with Crippen molar-refractivity contribution >= 4 is 28.5 Å². The number of carbonyl (C=O) groups is 1. The second kappa shape index (κ2) is 7.53. The minimum absolute atomic E-state index is 0.326. The molecule has 1 heterocycles. The zero-order valence-electron chi connectivity index (χ0n) is 14.0. The van der Waals surface area contributed by atoms with E-state index in [1.54, 1.807) is 20.0 Å². The lowest BCUT2D eigenvalue weighted by atomic mass is 10.0. The zero-order chi connectivity index (χ0) is 17.8. The highest BCUT2D eigenvalue weighted by Crippen LogP contribution is 2.33. The van der Waals surface area contributed by atoms with Gasteiger partial charge in [0.2, 0.25) is 0 Å². The molecule has 1 atom stereocenters. The zero-order valence-corrected chi connectivity index (χ0v) is 14.8. The van der Waals surface area contributed by atoms with E-state index in [-0.39, 0.29) is 5.97 Å². The summed E-state index contributed by atoms with van der Waals surface area (Å²) in [6.45, 7) is 3.75. The van der Waals surface area contributed by atoms with E-state index in [4.69, 9.17) is 21.1 Å². The molecule has 0 bridgehead atoms. The van der Waals surface area contributed by atoms with Gasteiger partial charge in [-0.05, 0) is 43.7 Å². The predicted molar refractivity (Wildman–Crippen MR) is 98.9 cm³/mol. The largest absolute Gasteiger partial charge is 0.479 e. The van der Waals surface area contributed by atoms with Crippen molar-refractivity contribution < 1.29 is 14.3 Å². The molecule has 0 amide bonds. The van der Waals surface area contributed by atoms with Crippen LogP contribution in [0.25, 0.3) is 22.0 Å². The van der Waals surface area contributed by atoms with Crippen molar-refractivity contribution in [2.45, 2.75) is 20.0 Å². The quantitative estimate of drug-likeness (QED) is 0.612. The Morgan fingerprint density at radius 3 is 2.72 bits per heavy atom. The summed E-state index contributed by atoms with van der Waals surface area (Å²) in [5.74, 6) is 0.178. The van der Waals surface area contributed by atoms with Gasteiger partial charge in [0, 0.05) is 28.2 Å². The van der Waals surface area contributed by atoms with Crippen LogP contribution in [0.4, 0.5) is 0 Å². The molecule has 0 aliphatic rings. The fourth-order valence-corrected chi connectivity index (χ4v) is 2.87. The Hall–Kier alpha value is -2.59. The summed E-state index contributed by atoms with van der Waals surface area (Å²) in [6, 6.07) is 15.2. The minimum Gasteiger partial charge on any atom is -0.479 e. The summed E-state index contributed by atoms with van der Waals surface area (Å²) in [5.41, 5.74) is 2.72. The van der Waals surface area contributed by atoms with Crippen LogP contribution in [0.1, 0.15) is 13.8 Å². The van der Waals surface area contributed by atoms with Gasteiger partial charge in [0.05, 0.1) is 12.1 Å². The molecular weight excluding hydrogens is 338 g/mol. The van der Waals surface area contributed by atoms with Gasteiger partial charge in [0.15, 0.2) is 6.10 Å². The van der Waals surface area contributed by atoms with Gasteiger partial charge in [-0.25, -0.2) is 4.79 Å². The van der Waals surface area contributed by atoms with E-state index in [0.29, 0.717) is 17.4 Å². The van der Waals surface area contributed by atoms with Gasteiger partial charge in [0.25, 0.3) is 0 Å². The molecule has 0 N–H and O–H groups in total. The fourth-order valence-electron chi connectivity index (χ4n) is 2.63. The Kier molecular flexibility index (Phi) is 5.19. The van der Waals surface area contributed by atoms with Crippen molar-refractivity contribution in [1.82, 2.24) is 4.98 Å². The molecule has 0 saturated carbocycles. The highest BCUT2D eigenvalue weighted by Gasteiger charge is 2.16. The lowest BCUT2D eigenvalue weighted by Crippen LogP contribution is -2.26. The van der Waals surface area contributed by atoms with Gasteiger partial charge in [0.1, 0.15) is 5.75 Å². The smallest absolute Gasteiger partial charge is 0.347 e.